The van der Waals surface area contributed by atoms with Crippen molar-refractivity contribution in [3.8, 4) is 0 Å². The van der Waals surface area contributed by atoms with Gasteiger partial charge in [0.1, 0.15) is 0 Å². The molecule has 0 aliphatic carbocycles. The summed E-state index contributed by atoms with van der Waals surface area (Å²) in [5, 5.41) is 0. The summed E-state index contributed by atoms with van der Waals surface area (Å²) < 4.78 is 42.0. The zero-order chi connectivity index (χ0) is 41.5. The minimum absolute atomic E-state index is 0.0439. The normalized spacial score (nSPS) is 13.3. The van der Waals surface area contributed by atoms with Gasteiger partial charge in [-0.05, 0) is 89.2 Å². The Morgan fingerprint density at radius 1 is 0.333 bits per heavy atom. The molecule has 0 aliphatic rings. The fourth-order valence-electron chi connectivity index (χ4n) is 6.87. The lowest BCUT2D eigenvalue weighted by Gasteiger charge is -2.19. The molecule has 2 atom stereocenters. The third-order valence-corrected chi connectivity index (χ3v) is 10.6. The van der Waals surface area contributed by atoms with Crippen LogP contribution in [0.15, 0.2) is 24.3 Å². The predicted octanol–water partition coefficient (Wildman–Crippen LogP) is 15.3. The van der Waals surface area contributed by atoms with Crippen LogP contribution in [0.3, 0.4) is 0 Å². The van der Waals surface area contributed by atoms with Gasteiger partial charge in [-0.15, -0.1) is 0 Å². The molecule has 7 heteroatoms. The van der Waals surface area contributed by atoms with Crippen molar-refractivity contribution in [1.29, 1.82) is 0 Å². The zero-order valence-electron chi connectivity index (χ0n) is 38.9. The monoisotopic (exact) mass is 811 g/mol. The lowest BCUT2D eigenvalue weighted by atomic mass is 10.1. The second-order valence-electron chi connectivity index (χ2n) is 16.2. The summed E-state index contributed by atoms with van der Waals surface area (Å²) in [4.78, 5) is 0. The van der Waals surface area contributed by atoms with Crippen molar-refractivity contribution in [3.05, 3.63) is 24.3 Å². The number of rotatable bonds is 48. The van der Waals surface area contributed by atoms with E-state index < -0.39 is 12.6 Å². The number of allylic oxidation sites excluding steroid dienone is 2. The van der Waals surface area contributed by atoms with Gasteiger partial charge in [0.2, 0.25) is 0 Å². The highest BCUT2D eigenvalue weighted by atomic mass is 16.8. The van der Waals surface area contributed by atoms with Gasteiger partial charge < -0.3 is 33.2 Å². The van der Waals surface area contributed by atoms with Gasteiger partial charge in [0, 0.05) is 40.6 Å². The first-order chi connectivity index (χ1) is 28.1. The highest BCUT2D eigenvalue weighted by Gasteiger charge is 2.12. The summed E-state index contributed by atoms with van der Waals surface area (Å²) in [6, 6.07) is 0. The standard InChI is InChI=1S/C50H98O7/c1-7-11-15-27-35-43-53-49(54-44-36-28-16-12-8-2)41-33-25-21-19-23-31-39-47(51-5)57-48(52-6)40-32-24-20-22-26-34-42-50(55-45-37-29-17-13-9-3)56-46-38-30-18-14-10-4/h31-32,39-40,47-50H,7-30,33-38,41-46H2,1-6H3. The van der Waals surface area contributed by atoms with Crippen molar-refractivity contribution >= 4 is 0 Å². The van der Waals surface area contributed by atoms with Gasteiger partial charge in [-0.2, -0.15) is 0 Å². The third kappa shape index (κ3) is 41.7. The highest BCUT2D eigenvalue weighted by Crippen LogP contribution is 2.16. The van der Waals surface area contributed by atoms with E-state index in [9.17, 15) is 0 Å². The molecule has 2 unspecified atom stereocenters. The van der Waals surface area contributed by atoms with Gasteiger partial charge in [-0.3, -0.25) is 0 Å². The maximum atomic E-state index is 6.19. The molecule has 0 fully saturated rings. The van der Waals surface area contributed by atoms with Crippen LogP contribution >= 0.6 is 0 Å². The lowest BCUT2D eigenvalue weighted by molar-refractivity contribution is -0.188. The van der Waals surface area contributed by atoms with Crippen molar-refractivity contribution < 1.29 is 33.2 Å². The van der Waals surface area contributed by atoms with E-state index in [0.717, 1.165) is 103 Å². The molecule has 0 saturated heterocycles. The first-order valence-electron chi connectivity index (χ1n) is 24.7. The van der Waals surface area contributed by atoms with Gasteiger partial charge in [0.05, 0.1) is 0 Å². The second kappa shape index (κ2) is 47.9. The average Bonchev–Trinajstić information content (AvgIpc) is 3.22. The number of unbranched alkanes of at least 4 members (excludes halogenated alkanes) is 24. The quantitative estimate of drug-likeness (QED) is 0.0344. The molecule has 0 spiro atoms. The Morgan fingerprint density at radius 2 is 0.614 bits per heavy atom. The van der Waals surface area contributed by atoms with Crippen LogP contribution in [0.1, 0.15) is 233 Å². The molecule has 0 aliphatic heterocycles. The first kappa shape index (κ1) is 56.2. The van der Waals surface area contributed by atoms with Crippen molar-refractivity contribution in [1.82, 2.24) is 0 Å². The van der Waals surface area contributed by atoms with Crippen molar-refractivity contribution in [2.75, 3.05) is 40.6 Å². The van der Waals surface area contributed by atoms with Crippen molar-refractivity contribution in [2.45, 2.75) is 258 Å². The topological polar surface area (TPSA) is 64.6 Å². The van der Waals surface area contributed by atoms with E-state index >= 15 is 0 Å². The van der Waals surface area contributed by atoms with Crippen LogP contribution in [-0.4, -0.2) is 65.8 Å². The number of ether oxygens (including phenoxy) is 7. The molecule has 0 N–H and O–H groups in total. The van der Waals surface area contributed by atoms with Crippen LogP contribution in [0.25, 0.3) is 0 Å². The second-order valence-corrected chi connectivity index (χ2v) is 16.2. The zero-order valence-corrected chi connectivity index (χ0v) is 38.9. The molecule has 0 aromatic rings. The maximum absolute atomic E-state index is 6.19. The largest absolute Gasteiger partial charge is 0.353 e. The molecule has 0 heterocycles. The van der Waals surface area contributed by atoms with E-state index in [1.807, 2.05) is 12.2 Å². The van der Waals surface area contributed by atoms with Gasteiger partial charge >= 0.3 is 0 Å². The van der Waals surface area contributed by atoms with E-state index in [1.165, 1.54) is 128 Å². The van der Waals surface area contributed by atoms with Crippen LogP contribution < -0.4 is 0 Å². The molecule has 0 saturated carbocycles. The molecule has 0 aromatic carbocycles. The van der Waals surface area contributed by atoms with Crippen LogP contribution in [0, 0.1) is 0 Å². The van der Waals surface area contributed by atoms with Crippen LogP contribution in [0.4, 0.5) is 0 Å². The fraction of sp³-hybridized carbons (Fsp3) is 0.920. The molecule has 7 nitrogen and oxygen atoms in total. The van der Waals surface area contributed by atoms with Crippen molar-refractivity contribution in [3.63, 3.8) is 0 Å². The Balaban J connectivity index is 4.31. The smallest absolute Gasteiger partial charge is 0.179 e. The first-order valence-corrected chi connectivity index (χ1v) is 24.7. The highest BCUT2D eigenvalue weighted by molar-refractivity contribution is 4.89. The molecule has 0 amide bonds. The Hall–Kier alpha value is -0.800. The third-order valence-electron chi connectivity index (χ3n) is 10.6. The summed E-state index contributed by atoms with van der Waals surface area (Å²) in [5.74, 6) is 0. The van der Waals surface area contributed by atoms with Gasteiger partial charge in [-0.25, -0.2) is 0 Å². The van der Waals surface area contributed by atoms with E-state index in [1.54, 1.807) is 14.2 Å². The summed E-state index contributed by atoms with van der Waals surface area (Å²) >= 11 is 0. The van der Waals surface area contributed by atoms with Gasteiger partial charge in [-0.1, -0.05) is 168 Å². The minimum Gasteiger partial charge on any atom is -0.353 e. The molecule has 340 valence electrons. The SMILES string of the molecule is CCCCCCCOC(CCCCCCC=CC(OC)OC(C=CCCCCCCC(OCCCCCCC)OCCCCCCC)OC)OCCCCCCC. The Bertz CT molecular complexity index is 710. The number of hydrogen-bond donors (Lipinski definition) is 0. The minimum atomic E-state index is -0.427. The Morgan fingerprint density at radius 3 is 0.912 bits per heavy atom. The summed E-state index contributed by atoms with van der Waals surface area (Å²) in [7, 11) is 3.37. The Kier molecular flexibility index (Phi) is 47.2. The van der Waals surface area contributed by atoms with Gasteiger partial charge in [0.25, 0.3) is 0 Å². The number of methoxy groups -OCH3 is 2. The molecular weight excluding hydrogens is 713 g/mol. The summed E-state index contributed by atoms with van der Waals surface area (Å²) in [6.07, 6.45) is 46.1. The molecule has 0 bridgehead atoms. The van der Waals surface area contributed by atoms with E-state index in [0.29, 0.717) is 0 Å². The molecular formula is C50H98O7. The lowest BCUT2D eigenvalue weighted by Crippen LogP contribution is -2.22. The van der Waals surface area contributed by atoms with E-state index in [4.69, 9.17) is 33.2 Å². The maximum Gasteiger partial charge on any atom is 0.179 e. The molecule has 57 heavy (non-hydrogen) atoms. The predicted molar refractivity (Wildman–Crippen MR) is 243 cm³/mol. The fourth-order valence-corrected chi connectivity index (χ4v) is 6.87. The van der Waals surface area contributed by atoms with Crippen LogP contribution in [0.5, 0.6) is 0 Å². The van der Waals surface area contributed by atoms with Crippen LogP contribution in [0.2, 0.25) is 0 Å². The molecule has 0 aromatic heterocycles. The Labute approximate surface area is 355 Å². The van der Waals surface area contributed by atoms with E-state index in [-0.39, 0.29) is 12.6 Å². The molecule has 0 radical (unpaired) electrons. The van der Waals surface area contributed by atoms with Gasteiger partial charge in [0.15, 0.2) is 25.2 Å². The summed E-state index contributed by atoms with van der Waals surface area (Å²) in [6.45, 7) is 12.3. The van der Waals surface area contributed by atoms with E-state index in [2.05, 4.69) is 39.8 Å². The number of hydrogen-bond acceptors (Lipinski definition) is 7. The summed E-state index contributed by atoms with van der Waals surface area (Å²) in [5.41, 5.74) is 0. The average molecular weight is 811 g/mol. The molecule has 0 rings (SSSR count). The van der Waals surface area contributed by atoms with Crippen LogP contribution in [-0.2, 0) is 33.2 Å². The van der Waals surface area contributed by atoms with Crippen molar-refractivity contribution in [2.24, 2.45) is 0 Å².